The minimum absolute atomic E-state index is 0.0405. The fourth-order valence-corrected chi connectivity index (χ4v) is 3.60. The topological polar surface area (TPSA) is 49.4 Å². The molecule has 2 heterocycles. The number of amides is 2. The molecule has 1 aliphatic rings. The zero-order valence-electron chi connectivity index (χ0n) is 10.7. The summed E-state index contributed by atoms with van der Waals surface area (Å²) in [5.74, 6) is 0.200. The fourth-order valence-electron chi connectivity index (χ4n) is 2.07. The summed E-state index contributed by atoms with van der Waals surface area (Å²) in [4.78, 5) is 26.3. The molecule has 1 saturated heterocycles. The number of rotatable bonds is 4. The van der Waals surface area contributed by atoms with Crippen molar-refractivity contribution in [1.29, 1.82) is 0 Å². The SMILES string of the molecule is O=C1CCN(C(=O)CCCc2ccc(Br)s2)CCN1. The summed E-state index contributed by atoms with van der Waals surface area (Å²) in [7, 11) is 0. The van der Waals surface area contributed by atoms with Gasteiger partial charge in [-0.1, -0.05) is 0 Å². The van der Waals surface area contributed by atoms with Gasteiger partial charge in [0.25, 0.3) is 0 Å². The summed E-state index contributed by atoms with van der Waals surface area (Å²) in [6, 6.07) is 4.13. The van der Waals surface area contributed by atoms with Crippen LogP contribution in [-0.2, 0) is 16.0 Å². The normalized spacial score (nSPS) is 16.1. The van der Waals surface area contributed by atoms with E-state index in [1.165, 1.54) is 4.88 Å². The number of hydrogen-bond donors (Lipinski definition) is 1. The van der Waals surface area contributed by atoms with Crippen molar-refractivity contribution in [3.63, 3.8) is 0 Å². The first-order valence-corrected chi connectivity index (χ1v) is 8.05. The van der Waals surface area contributed by atoms with Crippen molar-refractivity contribution in [3.8, 4) is 0 Å². The zero-order chi connectivity index (χ0) is 13.7. The largest absolute Gasteiger partial charge is 0.354 e. The quantitative estimate of drug-likeness (QED) is 0.909. The lowest BCUT2D eigenvalue weighted by molar-refractivity contribution is -0.131. The Balaban J connectivity index is 1.73. The van der Waals surface area contributed by atoms with E-state index < -0.39 is 0 Å². The third-order valence-electron chi connectivity index (χ3n) is 3.11. The Morgan fingerprint density at radius 3 is 3.00 bits per heavy atom. The van der Waals surface area contributed by atoms with E-state index in [-0.39, 0.29) is 11.8 Å². The Labute approximate surface area is 125 Å². The number of carbonyl (C=O) groups excluding carboxylic acids is 2. The van der Waals surface area contributed by atoms with Gasteiger partial charge in [0.15, 0.2) is 0 Å². The molecule has 0 aliphatic carbocycles. The molecule has 0 saturated carbocycles. The Hall–Kier alpha value is -0.880. The molecule has 0 unspecified atom stereocenters. The van der Waals surface area contributed by atoms with Crippen LogP contribution in [0, 0.1) is 0 Å². The molecule has 4 nitrogen and oxygen atoms in total. The highest BCUT2D eigenvalue weighted by atomic mass is 79.9. The highest BCUT2D eigenvalue weighted by Crippen LogP contribution is 2.23. The Morgan fingerprint density at radius 2 is 2.26 bits per heavy atom. The van der Waals surface area contributed by atoms with Gasteiger partial charge in [-0.2, -0.15) is 0 Å². The van der Waals surface area contributed by atoms with Gasteiger partial charge in [-0.05, 0) is 40.9 Å². The smallest absolute Gasteiger partial charge is 0.222 e. The maximum absolute atomic E-state index is 12.0. The molecule has 0 aromatic carbocycles. The molecular weight excluding hydrogens is 328 g/mol. The van der Waals surface area contributed by atoms with E-state index in [1.54, 1.807) is 16.2 Å². The van der Waals surface area contributed by atoms with Crippen molar-refractivity contribution in [2.45, 2.75) is 25.7 Å². The van der Waals surface area contributed by atoms with E-state index in [1.807, 2.05) is 6.07 Å². The van der Waals surface area contributed by atoms with Crippen molar-refractivity contribution in [1.82, 2.24) is 10.2 Å². The van der Waals surface area contributed by atoms with E-state index in [0.29, 0.717) is 32.5 Å². The monoisotopic (exact) mass is 344 g/mol. The summed E-state index contributed by atoms with van der Waals surface area (Å²) in [5.41, 5.74) is 0. The molecule has 1 fully saturated rings. The Kier molecular flexibility index (Phi) is 5.39. The zero-order valence-corrected chi connectivity index (χ0v) is 13.1. The average Bonchev–Trinajstić information content (AvgIpc) is 2.66. The summed E-state index contributed by atoms with van der Waals surface area (Å²) >= 11 is 5.15. The Morgan fingerprint density at radius 1 is 1.42 bits per heavy atom. The fraction of sp³-hybridized carbons (Fsp3) is 0.538. The van der Waals surface area contributed by atoms with Crippen LogP contribution >= 0.6 is 27.3 Å². The molecule has 1 aromatic heterocycles. The third kappa shape index (κ3) is 4.62. The van der Waals surface area contributed by atoms with E-state index in [4.69, 9.17) is 0 Å². The molecule has 1 aliphatic heterocycles. The maximum Gasteiger partial charge on any atom is 0.222 e. The van der Waals surface area contributed by atoms with Gasteiger partial charge in [0, 0.05) is 37.4 Å². The molecule has 1 N–H and O–H groups in total. The summed E-state index contributed by atoms with van der Waals surface area (Å²) in [6.07, 6.45) is 2.78. The standard InChI is InChI=1S/C13H17BrN2O2S/c14-11-5-4-10(19-11)2-1-3-13(18)16-8-6-12(17)15-7-9-16/h4-5H,1-3,6-9H2,(H,15,17). The number of nitrogens with one attached hydrogen (secondary N) is 1. The lowest BCUT2D eigenvalue weighted by atomic mass is 10.2. The van der Waals surface area contributed by atoms with Gasteiger partial charge in [0.1, 0.15) is 0 Å². The first-order chi connectivity index (χ1) is 9.15. The number of halogens is 1. The molecule has 2 amide bonds. The molecule has 0 bridgehead atoms. The van der Waals surface area contributed by atoms with Crippen molar-refractivity contribution >= 4 is 39.1 Å². The van der Waals surface area contributed by atoms with Crippen molar-refractivity contribution in [2.75, 3.05) is 19.6 Å². The average molecular weight is 345 g/mol. The van der Waals surface area contributed by atoms with Crippen molar-refractivity contribution < 1.29 is 9.59 Å². The second-order valence-corrected chi connectivity index (χ2v) is 7.09. The van der Waals surface area contributed by atoms with Crippen LogP contribution in [0.25, 0.3) is 0 Å². The van der Waals surface area contributed by atoms with Gasteiger partial charge in [-0.3, -0.25) is 9.59 Å². The van der Waals surface area contributed by atoms with Gasteiger partial charge >= 0.3 is 0 Å². The third-order valence-corrected chi connectivity index (χ3v) is 4.79. The number of thiophene rings is 1. The molecule has 0 radical (unpaired) electrons. The van der Waals surface area contributed by atoms with Crippen LogP contribution in [0.3, 0.4) is 0 Å². The minimum Gasteiger partial charge on any atom is -0.354 e. The summed E-state index contributed by atoms with van der Waals surface area (Å²) in [5, 5.41) is 2.78. The molecular formula is C13H17BrN2O2S. The lowest BCUT2D eigenvalue weighted by Gasteiger charge is -2.19. The van der Waals surface area contributed by atoms with Crippen LogP contribution in [0.15, 0.2) is 15.9 Å². The predicted molar refractivity (Wildman–Crippen MR) is 79.2 cm³/mol. The van der Waals surface area contributed by atoms with Gasteiger partial charge in [-0.15, -0.1) is 11.3 Å². The second-order valence-electron chi connectivity index (χ2n) is 4.54. The molecule has 0 spiro atoms. The lowest BCUT2D eigenvalue weighted by Crippen LogP contribution is -2.34. The molecule has 104 valence electrons. The minimum atomic E-state index is 0.0405. The number of aryl methyl sites for hydroxylation is 1. The van der Waals surface area contributed by atoms with Crippen LogP contribution < -0.4 is 5.32 Å². The van der Waals surface area contributed by atoms with E-state index in [0.717, 1.165) is 16.6 Å². The van der Waals surface area contributed by atoms with Crippen molar-refractivity contribution in [2.24, 2.45) is 0 Å². The maximum atomic E-state index is 12.0. The molecule has 0 atom stereocenters. The number of hydrogen-bond acceptors (Lipinski definition) is 3. The summed E-state index contributed by atoms with van der Waals surface area (Å²) < 4.78 is 1.13. The number of nitrogens with zero attached hydrogens (tertiary/aromatic N) is 1. The molecule has 19 heavy (non-hydrogen) atoms. The molecule has 2 rings (SSSR count). The highest BCUT2D eigenvalue weighted by molar-refractivity contribution is 9.11. The first kappa shape index (κ1) is 14.5. The van der Waals surface area contributed by atoms with Gasteiger partial charge in [-0.25, -0.2) is 0 Å². The van der Waals surface area contributed by atoms with Gasteiger partial charge in [0.2, 0.25) is 11.8 Å². The van der Waals surface area contributed by atoms with Gasteiger partial charge in [0.05, 0.1) is 3.79 Å². The van der Waals surface area contributed by atoms with Crippen molar-refractivity contribution in [3.05, 3.63) is 20.8 Å². The van der Waals surface area contributed by atoms with E-state index in [2.05, 4.69) is 27.3 Å². The van der Waals surface area contributed by atoms with Gasteiger partial charge < -0.3 is 10.2 Å². The van der Waals surface area contributed by atoms with Crippen LogP contribution in [-0.4, -0.2) is 36.3 Å². The first-order valence-electron chi connectivity index (χ1n) is 6.44. The molecule has 6 heteroatoms. The Bertz CT molecular complexity index is 461. The van der Waals surface area contributed by atoms with Crippen LogP contribution in [0.1, 0.15) is 24.1 Å². The van der Waals surface area contributed by atoms with Crippen LogP contribution in [0.4, 0.5) is 0 Å². The van der Waals surface area contributed by atoms with E-state index >= 15 is 0 Å². The van der Waals surface area contributed by atoms with Crippen LogP contribution in [0.5, 0.6) is 0 Å². The van der Waals surface area contributed by atoms with E-state index in [9.17, 15) is 9.59 Å². The second kappa shape index (κ2) is 7.05. The predicted octanol–water partition coefficient (Wildman–Crippen LogP) is 2.18. The number of carbonyl (C=O) groups is 2. The highest BCUT2D eigenvalue weighted by Gasteiger charge is 2.17. The molecule has 1 aromatic rings. The summed E-state index contributed by atoms with van der Waals surface area (Å²) in [6.45, 7) is 1.76. The van der Waals surface area contributed by atoms with Crippen LogP contribution in [0.2, 0.25) is 0 Å².